The Balaban J connectivity index is 1.98. The molecule has 0 bridgehead atoms. The second kappa shape index (κ2) is 7.04. The zero-order valence-electron chi connectivity index (χ0n) is 11.2. The summed E-state index contributed by atoms with van der Waals surface area (Å²) in [6, 6.07) is 1.76. The van der Waals surface area contributed by atoms with E-state index in [1.165, 1.54) is 6.20 Å². The van der Waals surface area contributed by atoms with E-state index in [2.05, 4.69) is 22.1 Å². The van der Waals surface area contributed by atoms with Gasteiger partial charge in [0.15, 0.2) is 0 Å². The first-order chi connectivity index (χ1) is 9.69. The van der Waals surface area contributed by atoms with Crippen LogP contribution in [0.15, 0.2) is 18.5 Å². The standard InChI is InChI=1S/C15H18N2O3/c18-7-1-2-11-8-12(10-16-9-11)15(20)17-13-3-5-14(19)6-4-13/h8-10,13-14,18-19H,3-7H2,(H,17,20). The van der Waals surface area contributed by atoms with E-state index in [-0.39, 0.29) is 24.7 Å². The molecule has 5 heteroatoms. The summed E-state index contributed by atoms with van der Waals surface area (Å²) in [5.41, 5.74) is 1.06. The molecule has 1 heterocycles. The highest BCUT2D eigenvalue weighted by molar-refractivity contribution is 5.94. The predicted octanol–water partition coefficient (Wildman–Crippen LogP) is 0.459. The summed E-state index contributed by atoms with van der Waals surface area (Å²) in [5.74, 6) is 5.07. The van der Waals surface area contributed by atoms with Crippen molar-refractivity contribution in [3.63, 3.8) is 0 Å². The van der Waals surface area contributed by atoms with Gasteiger partial charge in [-0.05, 0) is 31.7 Å². The topological polar surface area (TPSA) is 82.5 Å². The van der Waals surface area contributed by atoms with Crippen LogP contribution in [0.25, 0.3) is 0 Å². The van der Waals surface area contributed by atoms with Gasteiger partial charge in [-0.1, -0.05) is 11.8 Å². The Morgan fingerprint density at radius 2 is 2.10 bits per heavy atom. The van der Waals surface area contributed by atoms with E-state index in [1.807, 2.05) is 0 Å². The van der Waals surface area contributed by atoms with Gasteiger partial charge >= 0.3 is 0 Å². The first kappa shape index (κ1) is 14.5. The lowest BCUT2D eigenvalue weighted by molar-refractivity contribution is 0.0867. The van der Waals surface area contributed by atoms with Gasteiger partial charge in [0.2, 0.25) is 0 Å². The maximum atomic E-state index is 12.1. The highest BCUT2D eigenvalue weighted by Gasteiger charge is 2.21. The van der Waals surface area contributed by atoms with Crippen LogP contribution in [0.2, 0.25) is 0 Å². The number of nitrogens with zero attached hydrogens (tertiary/aromatic N) is 1. The molecule has 0 unspecified atom stereocenters. The average molecular weight is 274 g/mol. The Morgan fingerprint density at radius 1 is 1.35 bits per heavy atom. The van der Waals surface area contributed by atoms with Crippen LogP contribution in [-0.4, -0.2) is 39.9 Å². The number of pyridine rings is 1. The first-order valence-corrected chi connectivity index (χ1v) is 6.72. The number of hydrogen-bond acceptors (Lipinski definition) is 4. The predicted molar refractivity (Wildman–Crippen MR) is 73.9 cm³/mol. The van der Waals surface area contributed by atoms with Gasteiger partial charge in [0.25, 0.3) is 5.91 Å². The van der Waals surface area contributed by atoms with Crippen LogP contribution in [0.1, 0.15) is 41.6 Å². The van der Waals surface area contributed by atoms with Crippen molar-refractivity contribution in [2.45, 2.75) is 37.8 Å². The molecule has 0 atom stereocenters. The number of aromatic nitrogens is 1. The number of carbonyl (C=O) groups is 1. The second-order valence-electron chi connectivity index (χ2n) is 4.90. The molecule has 5 nitrogen and oxygen atoms in total. The van der Waals surface area contributed by atoms with Crippen LogP contribution in [0.5, 0.6) is 0 Å². The fraction of sp³-hybridized carbons (Fsp3) is 0.467. The molecule has 1 aromatic heterocycles. The van der Waals surface area contributed by atoms with Gasteiger partial charge in [0.1, 0.15) is 6.61 Å². The zero-order chi connectivity index (χ0) is 14.4. The molecule has 1 fully saturated rings. The highest BCUT2D eigenvalue weighted by atomic mass is 16.3. The number of nitrogens with one attached hydrogen (secondary N) is 1. The van der Waals surface area contributed by atoms with E-state index in [0.29, 0.717) is 11.1 Å². The van der Waals surface area contributed by atoms with Crippen molar-refractivity contribution in [3.05, 3.63) is 29.6 Å². The normalized spacial score (nSPS) is 21.7. The fourth-order valence-electron chi connectivity index (χ4n) is 2.26. The quantitative estimate of drug-likeness (QED) is 0.684. The minimum absolute atomic E-state index is 0.109. The summed E-state index contributed by atoms with van der Waals surface area (Å²) in [7, 11) is 0. The lowest BCUT2D eigenvalue weighted by atomic mass is 9.93. The molecule has 1 saturated carbocycles. The molecule has 20 heavy (non-hydrogen) atoms. The SMILES string of the molecule is O=C(NC1CCC(O)CC1)c1cncc(C#CCO)c1. The molecule has 0 aromatic carbocycles. The molecule has 1 aromatic rings. The van der Waals surface area contributed by atoms with E-state index in [1.54, 1.807) is 12.3 Å². The number of rotatable bonds is 2. The number of carbonyl (C=O) groups excluding carboxylic acids is 1. The Labute approximate surface area is 118 Å². The van der Waals surface area contributed by atoms with Gasteiger partial charge in [-0.3, -0.25) is 9.78 Å². The van der Waals surface area contributed by atoms with E-state index < -0.39 is 0 Å². The first-order valence-electron chi connectivity index (χ1n) is 6.72. The van der Waals surface area contributed by atoms with Crippen LogP contribution < -0.4 is 5.32 Å². The number of aliphatic hydroxyl groups is 2. The fourth-order valence-corrected chi connectivity index (χ4v) is 2.26. The van der Waals surface area contributed by atoms with Crippen molar-refractivity contribution in [1.82, 2.24) is 10.3 Å². The van der Waals surface area contributed by atoms with E-state index in [9.17, 15) is 9.90 Å². The molecular formula is C15H18N2O3. The molecule has 3 N–H and O–H groups in total. The monoisotopic (exact) mass is 274 g/mol. The van der Waals surface area contributed by atoms with Gasteiger partial charge in [0, 0.05) is 24.0 Å². The third-order valence-corrected chi connectivity index (χ3v) is 3.34. The van der Waals surface area contributed by atoms with Crippen molar-refractivity contribution in [3.8, 4) is 11.8 Å². The average Bonchev–Trinajstić information content (AvgIpc) is 2.48. The summed E-state index contributed by atoms with van der Waals surface area (Å²) < 4.78 is 0. The third-order valence-electron chi connectivity index (χ3n) is 3.34. The highest BCUT2D eigenvalue weighted by Crippen LogP contribution is 2.18. The van der Waals surface area contributed by atoms with Crippen LogP contribution in [0, 0.1) is 11.8 Å². The minimum atomic E-state index is -0.234. The van der Waals surface area contributed by atoms with Crippen LogP contribution in [0.3, 0.4) is 0 Å². The van der Waals surface area contributed by atoms with Crippen LogP contribution >= 0.6 is 0 Å². The second-order valence-corrected chi connectivity index (χ2v) is 4.90. The molecule has 0 spiro atoms. The van der Waals surface area contributed by atoms with Gasteiger partial charge < -0.3 is 15.5 Å². The lowest BCUT2D eigenvalue weighted by Crippen LogP contribution is -2.38. The van der Waals surface area contributed by atoms with E-state index in [0.717, 1.165) is 25.7 Å². The number of aliphatic hydroxyl groups excluding tert-OH is 2. The lowest BCUT2D eigenvalue weighted by Gasteiger charge is -2.26. The molecule has 1 amide bonds. The Morgan fingerprint density at radius 3 is 2.80 bits per heavy atom. The van der Waals surface area contributed by atoms with E-state index in [4.69, 9.17) is 5.11 Å². The largest absolute Gasteiger partial charge is 0.393 e. The summed E-state index contributed by atoms with van der Waals surface area (Å²) in [4.78, 5) is 16.1. The van der Waals surface area contributed by atoms with Gasteiger partial charge in [-0.15, -0.1) is 0 Å². The van der Waals surface area contributed by atoms with Crippen molar-refractivity contribution < 1.29 is 15.0 Å². The number of hydrogen-bond donors (Lipinski definition) is 3. The molecule has 0 radical (unpaired) electrons. The van der Waals surface area contributed by atoms with Crippen molar-refractivity contribution >= 4 is 5.91 Å². The van der Waals surface area contributed by atoms with Crippen LogP contribution in [-0.2, 0) is 0 Å². The van der Waals surface area contributed by atoms with Crippen molar-refractivity contribution in [2.75, 3.05) is 6.61 Å². The summed E-state index contributed by atoms with van der Waals surface area (Å²) >= 11 is 0. The maximum absolute atomic E-state index is 12.1. The smallest absolute Gasteiger partial charge is 0.253 e. The number of amides is 1. The van der Waals surface area contributed by atoms with Gasteiger partial charge in [-0.25, -0.2) is 0 Å². The maximum Gasteiger partial charge on any atom is 0.253 e. The third kappa shape index (κ3) is 4.05. The molecule has 0 saturated heterocycles. The molecular weight excluding hydrogens is 256 g/mol. The van der Waals surface area contributed by atoms with Gasteiger partial charge in [-0.2, -0.15) is 0 Å². The molecule has 1 aliphatic rings. The van der Waals surface area contributed by atoms with Crippen LogP contribution in [0.4, 0.5) is 0 Å². The molecule has 106 valence electrons. The van der Waals surface area contributed by atoms with Gasteiger partial charge in [0.05, 0.1) is 11.7 Å². The van der Waals surface area contributed by atoms with Crippen molar-refractivity contribution in [1.29, 1.82) is 0 Å². The minimum Gasteiger partial charge on any atom is -0.393 e. The zero-order valence-corrected chi connectivity index (χ0v) is 11.2. The Hall–Kier alpha value is -1.90. The van der Waals surface area contributed by atoms with Crippen molar-refractivity contribution in [2.24, 2.45) is 0 Å². The molecule has 2 rings (SSSR count). The summed E-state index contributed by atoms with van der Waals surface area (Å²) in [5, 5.41) is 21.0. The molecule has 0 aliphatic heterocycles. The Kier molecular flexibility index (Phi) is 5.10. The van der Waals surface area contributed by atoms with E-state index >= 15 is 0 Å². The summed E-state index contributed by atoms with van der Waals surface area (Å²) in [6.45, 7) is -0.221. The molecule has 1 aliphatic carbocycles. The summed E-state index contributed by atoms with van der Waals surface area (Å²) in [6.07, 6.45) is 5.86. The Bertz CT molecular complexity index is 525.